The molecule has 0 unspecified atom stereocenters. The molecule has 0 aliphatic heterocycles. The number of halogens is 2. The lowest BCUT2D eigenvalue weighted by atomic mass is 10.1. The molecule has 4 N–H and O–H groups in total. The molecule has 2 aromatic rings. The molecule has 25 heavy (non-hydrogen) atoms. The van der Waals surface area contributed by atoms with Crippen molar-refractivity contribution in [1.82, 2.24) is 0 Å². The van der Waals surface area contributed by atoms with Crippen molar-refractivity contribution in [1.29, 1.82) is 0 Å². The van der Waals surface area contributed by atoms with Gasteiger partial charge in [0.1, 0.15) is 5.75 Å². The maximum absolute atomic E-state index is 12.4. The van der Waals surface area contributed by atoms with Crippen LogP contribution in [0.4, 0.5) is 5.69 Å². The summed E-state index contributed by atoms with van der Waals surface area (Å²) in [6.45, 7) is -0.391. The molecule has 0 aliphatic carbocycles. The average Bonchev–Trinajstić information content (AvgIpc) is 2.56. The first-order valence-electron chi connectivity index (χ1n) is 6.90. The summed E-state index contributed by atoms with van der Waals surface area (Å²) in [4.78, 5) is 23.2. The number of methoxy groups -OCH3 is 1. The molecule has 0 aliphatic rings. The number of primary amides is 1. The Bertz CT molecular complexity index is 826. The zero-order valence-corrected chi connectivity index (χ0v) is 14.5. The van der Waals surface area contributed by atoms with Crippen molar-refractivity contribution in [2.75, 3.05) is 19.0 Å². The molecule has 0 aromatic heterocycles. The number of amides is 2. The number of hydrogen-bond donors (Lipinski definition) is 3. The molecule has 132 valence electrons. The Kier molecular flexibility index (Phi) is 5.95. The molecule has 0 bridgehead atoms. The average molecular weight is 385 g/mol. The van der Waals surface area contributed by atoms with E-state index in [0.29, 0.717) is 5.02 Å². The summed E-state index contributed by atoms with van der Waals surface area (Å²) in [7, 11) is 1.35. The fraction of sp³-hybridized carbons (Fsp3) is 0.125. The van der Waals surface area contributed by atoms with Crippen molar-refractivity contribution < 1.29 is 24.2 Å². The minimum Gasteiger partial charge on any atom is -0.506 e. The van der Waals surface area contributed by atoms with Crippen molar-refractivity contribution in [3.8, 4) is 17.2 Å². The number of phenols is 1. The summed E-state index contributed by atoms with van der Waals surface area (Å²) < 4.78 is 10.3. The fourth-order valence-corrected chi connectivity index (χ4v) is 2.37. The second kappa shape index (κ2) is 7.96. The van der Waals surface area contributed by atoms with E-state index >= 15 is 0 Å². The van der Waals surface area contributed by atoms with E-state index in [9.17, 15) is 14.7 Å². The Hall–Kier alpha value is -2.64. The van der Waals surface area contributed by atoms with E-state index in [1.54, 1.807) is 0 Å². The topological polar surface area (TPSA) is 111 Å². The number of phenolic OH excluding ortho intramolecular Hbond substituents is 1. The number of carbonyl (C=O) groups is 2. The number of ether oxygens (including phenoxy) is 2. The van der Waals surface area contributed by atoms with E-state index in [2.05, 4.69) is 5.32 Å². The maximum atomic E-state index is 12.4. The van der Waals surface area contributed by atoms with Gasteiger partial charge in [-0.3, -0.25) is 9.59 Å². The van der Waals surface area contributed by atoms with E-state index in [-0.39, 0.29) is 33.5 Å². The summed E-state index contributed by atoms with van der Waals surface area (Å²) in [6, 6.07) is 6.94. The lowest BCUT2D eigenvalue weighted by Crippen LogP contribution is -2.20. The van der Waals surface area contributed by atoms with Gasteiger partial charge in [0.15, 0.2) is 18.1 Å². The van der Waals surface area contributed by atoms with Gasteiger partial charge in [-0.05, 0) is 30.3 Å². The van der Waals surface area contributed by atoms with Crippen LogP contribution >= 0.6 is 23.2 Å². The largest absolute Gasteiger partial charge is 0.506 e. The standard InChI is InChI=1S/C16H14Cl2N2O5/c1-24-13-5-8(4-10(18)15(13)25-7-14(19)22)16(23)20-11-6-9(17)2-3-12(11)21/h2-6,21H,7H2,1H3,(H2,19,22)(H,20,23). The highest BCUT2D eigenvalue weighted by Gasteiger charge is 2.17. The van der Waals surface area contributed by atoms with Crippen molar-refractivity contribution in [3.05, 3.63) is 45.9 Å². The first-order valence-corrected chi connectivity index (χ1v) is 7.66. The number of aromatic hydroxyl groups is 1. The number of hydrogen-bond acceptors (Lipinski definition) is 5. The van der Waals surface area contributed by atoms with Crippen molar-refractivity contribution in [2.45, 2.75) is 0 Å². The highest BCUT2D eigenvalue weighted by atomic mass is 35.5. The van der Waals surface area contributed by atoms with Crippen molar-refractivity contribution >= 4 is 40.7 Å². The van der Waals surface area contributed by atoms with Gasteiger partial charge in [-0.1, -0.05) is 23.2 Å². The number of nitrogens with one attached hydrogen (secondary N) is 1. The van der Waals surface area contributed by atoms with Gasteiger partial charge in [0.05, 0.1) is 17.8 Å². The highest BCUT2D eigenvalue weighted by molar-refractivity contribution is 6.33. The quantitative estimate of drug-likeness (QED) is 0.663. The number of rotatable bonds is 6. The lowest BCUT2D eigenvalue weighted by Gasteiger charge is -2.14. The van der Waals surface area contributed by atoms with E-state index in [4.69, 9.17) is 38.4 Å². The number of nitrogens with two attached hydrogens (primary N) is 1. The third-order valence-corrected chi connectivity index (χ3v) is 3.57. The van der Waals surface area contributed by atoms with Gasteiger partial charge in [-0.2, -0.15) is 0 Å². The van der Waals surface area contributed by atoms with E-state index < -0.39 is 18.4 Å². The zero-order valence-electron chi connectivity index (χ0n) is 13.0. The van der Waals surface area contributed by atoms with Gasteiger partial charge in [-0.15, -0.1) is 0 Å². The van der Waals surface area contributed by atoms with Gasteiger partial charge < -0.3 is 25.6 Å². The normalized spacial score (nSPS) is 10.2. The molecule has 0 saturated carbocycles. The Morgan fingerprint density at radius 2 is 1.96 bits per heavy atom. The van der Waals surface area contributed by atoms with Gasteiger partial charge >= 0.3 is 0 Å². The third-order valence-electron chi connectivity index (χ3n) is 3.06. The molecule has 0 radical (unpaired) electrons. The number of carbonyl (C=O) groups excluding carboxylic acids is 2. The Balaban J connectivity index is 2.29. The molecule has 0 fully saturated rings. The zero-order chi connectivity index (χ0) is 18.6. The SMILES string of the molecule is COc1cc(C(=O)Nc2cc(Cl)ccc2O)cc(Cl)c1OCC(N)=O. The summed E-state index contributed by atoms with van der Waals surface area (Å²) in [5, 5.41) is 12.7. The second-order valence-corrected chi connectivity index (χ2v) is 5.70. The van der Waals surface area contributed by atoms with Crippen LogP contribution in [-0.4, -0.2) is 30.6 Å². The molecular formula is C16H14Cl2N2O5. The van der Waals surface area contributed by atoms with Crippen LogP contribution in [0.25, 0.3) is 0 Å². The van der Waals surface area contributed by atoms with Crippen LogP contribution in [0.3, 0.4) is 0 Å². The molecule has 7 nitrogen and oxygen atoms in total. The monoisotopic (exact) mass is 384 g/mol. The summed E-state index contributed by atoms with van der Waals surface area (Å²) in [5.41, 5.74) is 5.31. The minimum absolute atomic E-state index is 0.0565. The Morgan fingerprint density at radius 1 is 1.24 bits per heavy atom. The lowest BCUT2D eigenvalue weighted by molar-refractivity contribution is -0.119. The van der Waals surface area contributed by atoms with E-state index in [1.807, 2.05) is 0 Å². The minimum atomic E-state index is -0.684. The molecule has 0 saturated heterocycles. The number of anilines is 1. The van der Waals surface area contributed by atoms with Crippen LogP contribution in [-0.2, 0) is 4.79 Å². The van der Waals surface area contributed by atoms with Gasteiger partial charge in [0.2, 0.25) is 0 Å². The van der Waals surface area contributed by atoms with Crippen LogP contribution in [0.2, 0.25) is 10.0 Å². The molecule has 9 heteroatoms. The van der Waals surface area contributed by atoms with Crippen LogP contribution in [0, 0.1) is 0 Å². The van der Waals surface area contributed by atoms with E-state index in [0.717, 1.165) is 0 Å². The number of benzene rings is 2. The molecule has 2 amide bonds. The van der Waals surface area contributed by atoms with Crippen LogP contribution < -0.4 is 20.5 Å². The predicted octanol–water partition coefficient (Wildman–Crippen LogP) is 2.82. The maximum Gasteiger partial charge on any atom is 0.255 e. The summed E-state index contributed by atoms with van der Waals surface area (Å²) >= 11 is 11.9. The van der Waals surface area contributed by atoms with Gasteiger partial charge in [-0.25, -0.2) is 0 Å². The molecule has 0 spiro atoms. The van der Waals surface area contributed by atoms with Crippen LogP contribution in [0.1, 0.15) is 10.4 Å². The first-order chi connectivity index (χ1) is 11.8. The van der Waals surface area contributed by atoms with Crippen LogP contribution in [0.5, 0.6) is 17.2 Å². The Labute approximate surface area is 153 Å². The van der Waals surface area contributed by atoms with Crippen LogP contribution in [0.15, 0.2) is 30.3 Å². The molecular weight excluding hydrogens is 371 g/mol. The van der Waals surface area contributed by atoms with Gasteiger partial charge in [0.25, 0.3) is 11.8 Å². The first kappa shape index (κ1) is 18.7. The highest BCUT2D eigenvalue weighted by Crippen LogP contribution is 2.37. The molecule has 2 aromatic carbocycles. The third kappa shape index (κ3) is 4.68. The van der Waals surface area contributed by atoms with Crippen molar-refractivity contribution in [2.24, 2.45) is 5.73 Å². The fourth-order valence-electron chi connectivity index (χ4n) is 1.94. The molecule has 0 heterocycles. The predicted molar refractivity (Wildman–Crippen MR) is 93.8 cm³/mol. The van der Waals surface area contributed by atoms with Gasteiger partial charge in [0, 0.05) is 10.6 Å². The Morgan fingerprint density at radius 3 is 2.60 bits per heavy atom. The van der Waals surface area contributed by atoms with Crippen molar-refractivity contribution in [3.63, 3.8) is 0 Å². The second-order valence-electron chi connectivity index (χ2n) is 4.86. The smallest absolute Gasteiger partial charge is 0.255 e. The van der Waals surface area contributed by atoms with E-state index in [1.165, 1.54) is 37.4 Å². The molecule has 2 rings (SSSR count). The summed E-state index contributed by atoms with van der Waals surface area (Å²) in [5.74, 6) is -1.15. The summed E-state index contributed by atoms with van der Waals surface area (Å²) in [6.07, 6.45) is 0. The molecule has 0 atom stereocenters.